The van der Waals surface area contributed by atoms with Crippen LogP contribution < -0.4 is 14.4 Å². The van der Waals surface area contributed by atoms with Crippen molar-refractivity contribution in [1.82, 2.24) is 5.32 Å². The van der Waals surface area contributed by atoms with Crippen LogP contribution in [0.4, 0.5) is 5.69 Å². The fraction of sp³-hybridized carbons (Fsp3) is 0.208. The van der Waals surface area contributed by atoms with Crippen LogP contribution in [0.15, 0.2) is 77.3 Å². The van der Waals surface area contributed by atoms with Gasteiger partial charge in [-0.2, -0.15) is 0 Å². The highest BCUT2D eigenvalue weighted by Crippen LogP contribution is 2.24. The fourth-order valence-corrected chi connectivity index (χ4v) is 4.59. The topological polar surface area (TPSA) is 75.7 Å². The molecule has 0 aromatic heterocycles. The first-order valence-corrected chi connectivity index (χ1v) is 13.1. The van der Waals surface area contributed by atoms with Gasteiger partial charge < -0.3 is 10.1 Å². The van der Waals surface area contributed by atoms with Crippen LogP contribution in [0.3, 0.4) is 0 Å². The molecule has 0 fully saturated rings. The van der Waals surface area contributed by atoms with Gasteiger partial charge in [-0.25, -0.2) is 8.42 Å². The number of halogens is 2. The van der Waals surface area contributed by atoms with Crippen molar-refractivity contribution in [1.29, 1.82) is 0 Å². The minimum absolute atomic E-state index is 0.155. The molecule has 33 heavy (non-hydrogen) atoms. The van der Waals surface area contributed by atoms with Crippen LogP contribution in [-0.2, 0) is 21.4 Å². The summed E-state index contributed by atoms with van der Waals surface area (Å²) in [5.74, 6) is 0.205. The minimum atomic E-state index is -3.52. The summed E-state index contributed by atoms with van der Waals surface area (Å²) < 4.78 is 32.5. The molecule has 1 amide bonds. The smallest absolute Gasteiger partial charge is 0.258 e. The maximum absolute atomic E-state index is 12.4. The van der Waals surface area contributed by atoms with Crippen LogP contribution in [0.5, 0.6) is 5.75 Å². The number of ether oxygens (including phenoxy) is 1. The number of nitrogens with one attached hydrogen (secondary N) is 1. The molecule has 0 aliphatic carbocycles. The van der Waals surface area contributed by atoms with Crippen LogP contribution in [-0.4, -0.2) is 27.2 Å². The van der Waals surface area contributed by atoms with Crippen molar-refractivity contribution >= 4 is 49.1 Å². The van der Waals surface area contributed by atoms with Gasteiger partial charge in [-0.3, -0.25) is 9.10 Å². The summed E-state index contributed by atoms with van der Waals surface area (Å²) in [6, 6.07) is 21.1. The van der Waals surface area contributed by atoms with Gasteiger partial charge in [0, 0.05) is 9.50 Å². The molecule has 6 nitrogen and oxygen atoms in total. The first-order valence-electron chi connectivity index (χ1n) is 10.1. The standard InChI is InChI=1S/C24H24BrClN2O4S/c1-17(19-4-3-5-20(25)14-19)27-24(29)16-32-23-12-10-22(11-13-23)28(33(2,30)31)15-18-6-8-21(26)9-7-18/h3-14,17H,15-16H2,1-2H3,(H,27,29). The zero-order valence-corrected chi connectivity index (χ0v) is 21.3. The average Bonchev–Trinajstić information content (AvgIpc) is 2.77. The normalized spacial score (nSPS) is 12.1. The molecule has 1 N–H and O–H groups in total. The molecular formula is C24H24BrClN2O4S. The van der Waals surface area contributed by atoms with Crippen molar-refractivity contribution in [2.75, 3.05) is 17.2 Å². The Morgan fingerprint density at radius 3 is 2.36 bits per heavy atom. The monoisotopic (exact) mass is 550 g/mol. The lowest BCUT2D eigenvalue weighted by molar-refractivity contribution is -0.123. The predicted octanol–water partition coefficient (Wildman–Crippen LogP) is 5.32. The molecule has 1 atom stereocenters. The number of amides is 1. The van der Waals surface area contributed by atoms with E-state index < -0.39 is 10.0 Å². The van der Waals surface area contributed by atoms with E-state index in [0.717, 1.165) is 21.9 Å². The van der Waals surface area contributed by atoms with Gasteiger partial charge in [0.25, 0.3) is 5.91 Å². The molecule has 0 aliphatic heterocycles. The zero-order chi connectivity index (χ0) is 24.0. The molecule has 174 valence electrons. The van der Waals surface area contributed by atoms with E-state index in [0.29, 0.717) is 16.5 Å². The maximum Gasteiger partial charge on any atom is 0.258 e. The van der Waals surface area contributed by atoms with Crippen molar-refractivity contribution in [2.24, 2.45) is 0 Å². The molecule has 0 radical (unpaired) electrons. The number of benzene rings is 3. The third kappa shape index (κ3) is 7.48. The number of hydrogen-bond donors (Lipinski definition) is 1. The van der Waals surface area contributed by atoms with Crippen LogP contribution in [0.1, 0.15) is 24.1 Å². The second-order valence-electron chi connectivity index (χ2n) is 7.52. The van der Waals surface area contributed by atoms with Crippen molar-refractivity contribution in [3.05, 3.63) is 93.4 Å². The Labute approximate surface area is 207 Å². The average molecular weight is 552 g/mol. The molecule has 0 saturated heterocycles. The zero-order valence-electron chi connectivity index (χ0n) is 18.2. The van der Waals surface area contributed by atoms with Gasteiger partial charge in [-0.05, 0) is 66.6 Å². The van der Waals surface area contributed by atoms with E-state index in [1.165, 1.54) is 4.31 Å². The van der Waals surface area contributed by atoms with E-state index in [2.05, 4.69) is 21.2 Å². The molecule has 0 spiro atoms. The van der Waals surface area contributed by atoms with Crippen molar-refractivity contribution in [3.8, 4) is 5.75 Å². The van der Waals surface area contributed by atoms with Gasteiger partial charge >= 0.3 is 0 Å². The Kier molecular flexibility index (Phi) is 8.40. The molecule has 3 aromatic rings. The predicted molar refractivity (Wildman–Crippen MR) is 135 cm³/mol. The van der Waals surface area contributed by atoms with E-state index in [1.54, 1.807) is 48.5 Å². The SMILES string of the molecule is CC(NC(=O)COc1ccc(N(Cc2ccc(Cl)cc2)S(C)(=O)=O)cc1)c1cccc(Br)c1. The van der Waals surface area contributed by atoms with Gasteiger partial charge in [0.15, 0.2) is 6.61 Å². The third-order valence-electron chi connectivity index (χ3n) is 4.86. The van der Waals surface area contributed by atoms with Crippen molar-refractivity contribution in [2.45, 2.75) is 19.5 Å². The van der Waals surface area contributed by atoms with Gasteiger partial charge in [-0.1, -0.05) is 51.8 Å². The number of carbonyl (C=O) groups is 1. The van der Waals surface area contributed by atoms with Crippen molar-refractivity contribution < 1.29 is 17.9 Å². The third-order valence-corrected chi connectivity index (χ3v) is 6.75. The number of hydrogen-bond acceptors (Lipinski definition) is 4. The Hall–Kier alpha value is -2.55. The van der Waals surface area contributed by atoms with Crippen LogP contribution in [0.2, 0.25) is 5.02 Å². The fourth-order valence-electron chi connectivity index (χ4n) is 3.16. The minimum Gasteiger partial charge on any atom is -0.484 e. The molecule has 0 heterocycles. The highest BCUT2D eigenvalue weighted by atomic mass is 79.9. The van der Waals surface area contributed by atoms with E-state index in [1.807, 2.05) is 31.2 Å². The highest BCUT2D eigenvalue weighted by molar-refractivity contribution is 9.10. The molecule has 0 bridgehead atoms. The van der Waals surface area contributed by atoms with Gasteiger partial charge in [0.05, 0.1) is 24.5 Å². The van der Waals surface area contributed by atoms with E-state index in [-0.39, 0.29) is 25.1 Å². The van der Waals surface area contributed by atoms with Gasteiger partial charge in [0.1, 0.15) is 5.75 Å². The van der Waals surface area contributed by atoms with E-state index in [4.69, 9.17) is 16.3 Å². The summed E-state index contributed by atoms with van der Waals surface area (Å²) in [5.41, 5.74) is 2.28. The van der Waals surface area contributed by atoms with Crippen LogP contribution >= 0.6 is 27.5 Å². The number of anilines is 1. The summed E-state index contributed by atoms with van der Waals surface area (Å²) in [7, 11) is -3.52. The molecule has 0 saturated carbocycles. The lowest BCUT2D eigenvalue weighted by Gasteiger charge is -2.23. The lowest BCUT2D eigenvalue weighted by Crippen LogP contribution is -2.31. The molecule has 1 unspecified atom stereocenters. The highest BCUT2D eigenvalue weighted by Gasteiger charge is 2.18. The molecular weight excluding hydrogens is 528 g/mol. The number of rotatable bonds is 9. The quantitative estimate of drug-likeness (QED) is 0.390. The van der Waals surface area contributed by atoms with Crippen molar-refractivity contribution in [3.63, 3.8) is 0 Å². The summed E-state index contributed by atoms with van der Waals surface area (Å²) in [4.78, 5) is 12.3. The Balaban J connectivity index is 1.61. The number of carbonyl (C=O) groups excluding carboxylic acids is 1. The van der Waals surface area contributed by atoms with Crippen LogP contribution in [0.25, 0.3) is 0 Å². The van der Waals surface area contributed by atoms with Crippen LogP contribution in [0, 0.1) is 0 Å². The first kappa shape index (κ1) is 25.1. The van der Waals surface area contributed by atoms with Gasteiger partial charge in [-0.15, -0.1) is 0 Å². The van der Waals surface area contributed by atoms with Gasteiger partial charge in [0.2, 0.25) is 10.0 Å². The Bertz CT molecular complexity index is 1200. The summed E-state index contributed by atoms with van der Waals surface area (Å²) in [6.45, 7) is 1.92. The summed E-state index contributed by atoms with van der Waals surface area (Å²) in [6.07, 6.45) is 1.16. The summed E-state index contributed by atoms with van der Waals surface area (Å²) >= 11 is 9.34. The summed E-state index contributed by atoms with van der Waals surface area (Å²) in [5, 5.41) is 3.48. The number of sulfonamides is 1. The Morgan fingerprint density at radius 2 is 1.76 bits per heavy atom. The second-order valence-corrected chi connectivity index (χ2v) is 10.8. The largest absolute Gasteiger partial charge is 0.484 e. The first-order chi connectivity index (χ1) is 15.6. The van der Waals surface area contributed by atoms with E-state index >= 15 is 0 Å². The lowest BCUT2D eigenvalue weighted by atomic mass is 10.1. The maximum atomic E-state index is 12.4. The molecule has 9 heteroatoms. The van der Waals surface area contributed by atoms with E-state index in [9.17, 15) is 13.2 Å². The molecule has 3 rings (SSSR count). The Morgan fingerprint density at radius 1 is 1.09 bits per heavy atom. The second kappa shape index (κ2) is 11.0. The number of nitrogens with zero attached hydrogens (tertiary/aromatic N) is 1. The molecule has 3 aromatic carbocycles. The molecule has 0 aliphatic rings.